The van der Waals surface area contributed by atoms with Crippen LogP contribution in [0.4, 0.5) is 0 Å². The van der Waals surface area contributed by atoms with E-state index in [0.29, 0.717) is 5.56 Å². The summed E-state index contributed by atoms with van der Waals surface area (Å²) < 4.78 is 0. The highest BCUT2D eigenvalue weighted by atomic mass is 35.5. The number of aromatic nitrogens is 1. The molecule has 1 aliphatic carbocycles. The van der Waals surface area contributed by atoms with Crippen molar-refractivity contribution in [1.29, 1.82) is 0 Å². The van der Waals surface area contributed by atoms with Crippen LogP contribution in [-0.2, 0) is 9.59 Å². The van der Waals surface area contributed by atoms with E-state index in [0.717, 1.165) is 28.1 Å². The van der Waals surface area contributed by atoms with Crippen LogP contribution in [0.25, 0.3) is 27.6 Å². The van der Waals surface area contributed by atoms with Crippen molar-refractivity contribution in [2.75, 3.05) is 0 Å². The molecule has 1 N–H and O–H groups in total. The lowest BCUT2D eigenvalue weighted by Crippen LogP contribution is -2.13. The third-order valence-corrected chi connectivity index (χ3v) is 4.86. The number of hydrogen-bond acceptors (Lipinski definition) is 2. The van der Waals surface area contributed by atoms with Gasteiger partial charge < -0.3 is 4.98 Å². The van der Waals surface area contributed by atoms with E-state index in [1.165, 1.54) is 0 Å². The molecule has 1 aromatic heterocycles. The number of para-hydroxylation sites is 1. The second-order valence-corrected chi connectivity index (χ2v) is 6.46. The fraction of sp³-hybridized carbons (Fsp3) is 0. The van der Waals surface area contributed by atoms with E-state index >= 15 is 0 Å². The van der Waals surface area contributed by atoms with E-state index in [1.807, 2.05) is 48.5 Å². The van der Waals surface area contributed by atoms with Crippen LogP contribution in [0.3, 0.4) is 0 Å². The minimum absolute atomic E-state index is 0.111. The monoisotopic (exact) mass is 367 g/mol. The minimum atomic E-state index is -0.463. The smallest absolute Gasteiger partial charge is 0.206 e. The van der Waals surface area contributed by atoms with E-state index in [4.69, 9.17) is 23.2 Å². The van der Waals surface area contributed by atoms with Gasteiger partial charge in [-0.3, -0.25) is 9.59 Å². The van der Waals surface area contributed by atoms with Crippen LogP contribution >= 0.6 is 23.2 Å². The Bertz CT molecular complexity index is 1090. The molecule has 25 heavy (non-hydrogen) atoms. The van der Waals surface area contributed by atoms with Crippen LogP contribution in [0, 0.1) is 0 Å². The quantitative estimate of drug-likeness (QED) is 0.643. The zero-order chi connectivity index (χ0) is 17.6. The Morgan fingerprint density at radius 3 is 2.36 bits per heavy atom. The highest BCUT2D eigenvalue weighted by Crippen LogP contribution is 2.37. The predicted molar refractivity (Wildman–Crippen MR) is 100 cm³/mol. The molecule has 0 radical (unpaired) electrons. The second kappa shape index (κ2) is 6.03. The molecule has 122 valence electrons. The largest absolute Gasteiger partial charge is 0.360 e. The number of hydrogen-bond donors (Lipinski definition) is 1. The molecule has 0 atom stereocenters. The molecule has 0 bridgehead atoms. The van der Waals surface area contributed by atoms with Crippen LogP contribution in [0.15, 0.2) is 70.9 Å². The number of aromatic amines is 1. The van der Waals surface area contributed by atoms with E-state index < -0.39 is 11.6 Å². The molecule has 0 saturated heterocycles. The van der Waals surface area contributed by atoms with Gasteiger partial charge in [-0.1, -0.05) is 71.7 Å². The first-order valence-corrected chi connectivity index (χ1v) is 8.35. The number of fused-ring (bicyclic) bond motifs is 1. The zero-order valence-electron chi connectivity index (χ0n) is 12.8. The standard InChI is InChI=1S/C20H11Cl2NO2/c21-15-9-16(24)18(22)17(20(15)25)14-10-23-19-12(7-4-8-13(14)19)11-5-2-1-3-6-11/h1-10,23H. The number of allylic oxidation sites excluding steroid dienone is 4. The summed E-state index contributed by atoms with van der Waals surface area (Å²) in [6.45, 7) is 0. The van der Waals surface area contributed by atoms with E-state index in [-0.39, 0.29) is 15.6 Å². The summed E-state index contributed by atoms with van der Waals surface area (Å²) in [5.41, 5.74) is 3.62. The molecule has 0 spiro atoms. The Hall–Kier alpha value is -2.62. The van der Waals surface area contributed by atoms with Crippen molar-refractivity contribution in [2.45, 2.75) is 0 Å². The van der Waals surface area contributed by atoms with Crippen LogP contribution in [-0.4, -0.2) is 16.6 Å². The Balaban J connectivity index is 1.96. The zero-order valence-corrected chi connectivity index (χ0v) is 14.4. The Morgan fingerprint density at radius 1 is 0.840 bits per heavy atom. The predicted octanol–water partition coefficient (Wildman–Crippen LogP) is 5.06. The van der Waals surface area contributed by atoms with Crippen molar-refractivity contribution >= 4 is 51.2 Å². The van der Waals surface area contributed by atoms with Crippen molar-refractivity contribution in [2.24, 2.45) is 0 Å². The molecule has 0 saturated carbocycles. The summed E-state index contributed by atoms with van der Waals surface area (Å²) in [7, 11) is 0. The van der Waals surface area contributed by atoms with Crippen molar-refractivity contribution in [3.8, 4) is 11.1 Å². The maximum absolute atomic E-state index is 12.5. The van der Waals surface area contributed by atoms with Crippen molar-refractivity contribution in [3.05, 3.63) is 76.4 Å². The molecule has 0 amide bonds. The minimum Gasteiger partial charge on any atom is -0.360 e. The molecule has 1 aliphatic rings. The number of Topliss-reactive ketones (excluding diaryl/α,β-unsaturated/α-hetero) is 1. The highest BCUT2D eigenvalue weighted by molar-refractivity contribution is 6.62. The van der Waals surface area contributed by atoms with Crippen LogP contribution in [0.1, 0.15) is 5.56 Å². The number of carbonyl (C=O) groups is 2. The fourth-order valence-corrected chi connectivity index (χ4v) is 3.48. The summed E-state index contributed by atoms with van der Waals surface area (Å²) in [5.74, 6) is -0.910. The number of H-pyrrole nitrogens is 1. The number of benzene rings is 2. The molecule has 0 unspecified atom stereocenters. The van der Waals surface area contributed by atoms with Gasteiger partial charge in [0.15, 0.2) is 5.78 Å². The van der Waals surface area contributed by atoms with Gasteiger partial charge in [0.1, 0.15) is 0 Å². The first-order valence-electron chi connectivity index (χ1n) is 7.60. The lowest BCUT2D eigenvalue weighted by molar-refractivity contribution is -0.113. The normalized spacial score (nSPS) is 15.0. The van der Waals surface area contributed by atoms with E-state index in [2.05, 4.69) is 4.98 Å². The Kier molecular flexibility index (Phi) is 3.83. The second-order valence-electron chi connectivity index (χ2n) is 5.67. The van der Waals surface area contributed by atoms with Gasteiger partial charge in [0, 0.05) is 28.8 Å². The van der Waals surface area contributed by atoms with Crippen LogP contribution < -0.4 is 0 Å². The third-order valence-electron chi connectivity index (χ3n) is 4.21. The summed E-state index contributed by atoms with van der Waals surface area (Å²) >= 11 is 12.0. The lowest BCUT2D eigenvalue weighted by Gasteiger charge is -2.12. The fourth-order valence-electron chi connectivity index (χ4n) is 3.05. The molecule has 5 heteroatoms. The molecule has 4 rings (SSSR count). The number of rotatable bonds is 2. The van der Waals surface area contributed by atoms with Gasteiger partial charge in [-0.05, 0) is 5.56 Å². The Morgan fingerprint density at radius 2 is 1.60 bits per heavy atom. The molecular weight excluding hydrogens is 357 g/mol. The molecule has 3 aromatic rings. The number of nitrogens with one attached hydrogen (secondary N) is 1. The van der Waals surface area contributed by atoms with Gasteiger partial charge in [-0.15, -0.1) is 0 Å². The average molecular weight is 368 g/mol. The molecular formula is C20H11Cl2NO2. The molecule has 0 aliphatic heterocycles. The first-order chi connectivity index (χ1) is 12.1. The molecule has 0 fully saturated rings. The van der Waals surface area contributed by atoms with Crippen molar-refractivity contribution < 1.29 is 9.59 Å². The van der Waals surface area contributed by atoms with Gasteiger partial charge in [0.2, 0.25) is 5.78 Å². The highest BCUT2D eigenvalue weighted by Gasteiger charge is 2.29. The summed E-state index contributed by atoms with van der Waals surface area (Å²) in [4.78, 5) is 27.6. The van der Waals surface area contributed by atoms with Gasteiger partial charge in [0.05, 0.1) is 21.2 Å². The number of ketones is 2. The van der Waals surface area contributed by atoms with Gasteiger partial charge in [0.25, 0.3) is 0 Å². The molecule has 1 heterocycles. The van der Waals surface area contributed by atoms with Gasteiger partial charge in [-0.2, -0.15) is 0 Å². The first kappa shape index (κ1) is 15.9. The van der Waals surface area contributed by atoms with Crippen molar-refractivity contribution in [1.82, 2.24) is 4.98 Å². The third kappa shape index (κ3) is 2.53. The summed E-state index contributed by atoms with van der Waals surface area (Å²) in [6.07, 6.45) is 2.75. The van der Waals surface area contributed by atoms with Crippen molar-refractivity contribution in [3.63, 3.8) is 0 Å². The lowest BCUT2D eigenvalue weighted by atomic mass is 9.94. The Labute approximate surface area is 153 Å². The van der Waals surface area contributed by atoms with E-state index in [9.17, 15) is 9.59 Å². The maximum Gasteiger partial charge on any atom is 0.206 e. The van der Waals surface area contributed by atoms with Crippen LogP contribution in [0.5, 0.6) is 0 Å². The number of halogens is 2. The summed E-state index contributed by atoms with van der Waals surface area (Å²) in [5, 5.41) is 0.570. The summed E-state index contributed by atoms with van der Waals surface area (Å²) in [6, 6.07) is 15.7. The molecule has 3 nitrogen and oxygen atoms in total. The van der Waals surface area contributed by atoms with Crippen LogP contribution in [0.2, 0.25) is 0 Å². The van der Waals surface area contributed by atoms with Gasteiger partial charge >= 0.3 is 0 Å². The molecule has 2 aromatic carbocycles. The maximum atomic E-state index is 12.5. The topological polar surface area (TPSA) is 49.9 Å². The van der Waals surface area contributed by atoms with E-state index in [1.54, 1.807) is 6.20 Å². The average Bonchev–Trinajstić information content (AvgIpc) is 3.05. The SMILES string of the molecule is O=C1C=C(Cl)C(=O)C(c2c[nH]c3c(-c4ccccc4)cccc23)=C1Cl. The van der Waals surface area contributed by atoms with Gasteiger partial charge in [-0.25, -0.2) is 0 Å². The number of carbonyl (C=O) groups excluding carboxylic acids is 2.